The molecular formula is C10H14BrNO2S2. The Hall–Kier alpha value is 0.0900. The van der Waals surface area contributed by atoms with Gasteiger partial charge < -0.3 is 5.73 Å². The lowest BCUT2D eigenvalue weighted by atomic mass is 10.1. The first-order chi connectivity index (χ1) is 7.50. The number of sulfone groups is 1. The van der Waals surface area contributed by atoms with Gasteiger partial charge in [0.2, 0.25) is 0 Å². The third-order valence-electron chi connectivity index (χ3n) is 2.95. The van der Waals surface area contributed by atoms with E-state index in [-0.39, 0.29) is 11.8 Å². The lowest BCUT2D eigenvalue weighted by Crippen LogP contribution is -2.37. The molecule has 1 aromatic heterocycles. The Balaban J connectivity index is 2.24. The molecule has 2 heterocycles. The normalized spacial score (nSPS) is 26.5. The fourth-order valence-corrected chi connectivity index (χ4v) is 5.68. The summed E-state index contributed by atoms with van der Waals surface area (Å²) in [5, 5.41) is -0.396. The summed E-state index contributed by atoms with van der Waals surface area (Å²) in [5.74, 6) is 0.290. The van der Waals surface area contributed by atoms with Gasteiger partial charge in [0.25, 0.3) is 0 Å². The van der Waals surface area contributed by atoms with Crippen molar-refractivity contribution >= 4 is 37.1 Å². The molecule has 0 saturated carbocycles. The summed E-state index contributed by atoms with van der Waals surface area (Å²) in [5.41, 5.74) is 6.07. The molecule has 3 nitrogen and oxygen atoms in total. The van der Waals surface area contributed by atoms with Gasteiger partial charge in [-0.3, -0.25) is 0 Å². The minimum atomic E-state index is -3.00. The maximum atomic E-state index is 11.9. The molecule has 0 amide bonds. The predicted molar refractivity (Wildman–Crippen MR) is 70.4 cm³/mol. The quantitative estimate of drug-likeness (QED) is 0.909. The molecule has 1 aliphatic rings. The molecule has 0 radical (unpaired) electrons. The molecule has 16 heavy (non-hydrogen) atoms. The van der Waals surface area contributed by atoms with E-state index in [0.717, 1.165) is 21.5 Å². The van der Waals surface area contributed by atoms with Gasteiger partial charge >= 0.3 is 0 Å². The van der Waals surface area contributed by atoms with Crippen molar-refractivity contribution in [3.05, 3.63) is 20.8 Å². The van der Waals surface area contributed by atoms with Crippen LogP contribution in [0, 0.1) is 0 Å². The molecule has 1 aliphatic heterocycles. The lowest BCUT2D eigenvalue weighted by Gasteiger charge is -2.26. The lowest BCUT2D eigenvalue weighted by molar-refractivity contribution is 0.507. The van der Waals surface area contributed by atoms with E-state index in [0.29, 0.717) is 6.42 Å². The summed E-state index contributed by atoms with van der Waals surface area (Å²) in [4.78, 5) is 0.947. The average Bonchev–Trinajstić information content (AvgIpc) is 2.63. The van der Waals surface area contributed by atoms with Crippen molar-refractivity contribution in [3.8, 4) is 0 Å². The van der Waals surface area contributed by atoms with Crippen LogP contribution in [0.1, 0.15) is 30.2 Å². The first-order valence-corrected chi connectivity index (χ1v) is 8.55. The van der Waals surface area contributed by atoms with Crippen molar-refractivity contribution in [1.29, 1.82) is 0 Å². The molecular weight excluding hydrogens is 310 g/mol. The number of rotatable bonds is 2. The Morgan fingerprint density at radius 2 is 2.19 bits per heavy atom. The highest BCUT2D eigenvalue weighted by atomic mass is 79.9. The molecule has 0 aromatic carbocycles. The van der Waals surface area contributed by atoms with E-state index in [1.807, 2.05) is 12.1 Å². The zero-order chi connectivity index (χ0) is 11.8. The molecule has 1 aromatic rings. The van der Waals surface area contributed by atoms with Gasteiger partial charge in [-0.05, 0) is 40.9 Å². The van der Waals surface area contributed by atoms with Gasteiger partial charge in [-0.1, -0.05) is 6.42 Å². The number of thiophene rings is 1. The second kappa shape index (κ2) is 4.76. The van der Waals surface area contributed by atoms with Gasteiger partial charge in [0.05, 0.1) is 20.8 Å². The van der Waals surface area contributed by atoms with Crippen molar-refractivity contribution in [2.75, 3.05) is 5.75 Å². The molecule has 90 valence electrons. The summed E-state index contributed by atoms with van der Waals surface area (Å²) in [6.45, 7) is 0. The Labute approximate surface area is 108 Å². The van der Waals surface area contributed by atoms with Crippen molar-refractivity contribution in [2.24, 2.45) is 5.73 Å². The average molecular weight is 324 g/mol. The van der Waals surface area contributed by atoms with Crippen LogP contribution in [0.3, 0.4) is 0 Å². The topological polar surface area (TPSA) is 60.2 Å². The summed E-state index contributed by atoms with van der Waals surface area (Å²) >= 11 is 4.88. The maximum absolute atomic E-state index is 11.9. The largest absolute Gasteiger partial charge is 0.322 e. The van der Waals surface area contributed by atoms with E-state index in [9.17, 15) is 8.42 Å². The van der Waals surface area contributed by atoms with Crippen LogP contribution in [0.4, 0.5) is 0 Å². The minimum absolute atomic E-state index is 0.290. The number of halogens is 1. The fraction of sp³-hybridized carbons (Fsp3) is 0.600. The first-order valence-electron chi connectivity index (χ1n) is 5.23. The zero-order valence-electron chi connectivity index (χ0n) is 8.73. The van der Waals surface area contributed by atoms with Gasteiger partial charge in [-0.2, -0.15) is 0 Å². The molecule has 0 bridgehead atoms. The van der Waals surface area contributed by atoms with E-state index in [1.165, 1.54) is 11.3 Å². The van der Waals surface area contributed by atoms with Gasteiger partial charge in [-0.15, -0.1) is 11.3 Å². The highest BCUT2D eigenvalue weighted by Gasteiger charge is 2.34. The molecule has 2 atom stereocenters. The van der Waals surface area contributed by atoms with Crippen molar-refractivity contribution in [3.63, 3.8) is 0 Å². The van der Waals surface area contributed by atoms with E-state index in [2.05, 4.69) is 15.9 Å². The molecule has 2 rings (SSSR count). The highest BCUT2D eigenvalue weighted by Crippen LogP contribution is 2.33. The zero-order valence-corrected chi connectivity index (χ0v) is 11.9. The molecule has 0 aliphatic carbocycles. The third-order valence-corrected chi connectivity index (χ3v) is 6.99. The van der Waals surface area contributed by atoms with Crippen LogP contribution in [-0.2, 0) is 9.84 Å². The Kier molecular flexibility index (Phi) is 3.73. The predicted octanol–water partition coefficient (Wildman–Crippen LogP) is 2.48. The van der Waals surface area contributed by atoms with Gasteiger partial charge in [-0.25, -0.2) is 8.42 Å². The van der Waals surface area contributed by atoms with Crippen LogP contribution in [-0.4, -0.2) is 19.4 Å². The summed E-state index contributed by atoms with van der Waals surface area (Å²) in [6, 6.07) is 3.44. The third kappa shape index (κ3) is 2.50. The van der Waals surface area contributed by atoms with Crippen molar-refractivity contribution < 1.29 is 8.42 Å². The first kappa shape index (κ1) is 12.5. The van der Waals surface area contributed by atoms with E-state index in [4.69, 9.17) is 5.73 Å². The second-order valence-electron chi connectivity index (χ2n) is 4.07. The Morgan fingerprint density at radius 3 is 2.75 bits per heavy atom. The second-order valence-corrected chi connectivity index (χ2v) is 8.90. The van der Waals surface area contributed by atoms with Gasteiger partial charge in [0.15, 0.2) is 9.84 Å². The smallest absolute Gasteiger partial charge is 0.155 e. The van der Waals surface area contributed by atoms with Crippen LogP contribution in [0.15, 0.2) is 15.9 Å². The van der Waals surface area contributed by atoms with E-state index < -0.39 is 15.1 Å². The molecule has 1 saturated heterocycles. The van der Waals surface area contributed by atoms with Crippen LogP contribution in [0.25, 0.3) is 0 Å². The van der Waals surface area contributed by atoms with Crippen LogP contribution >= 0.6 is 27.3 Å². The number of nitrogens with two attached hydrogens (primary N) is 1. The molecule has 2 unspecified atom stereocenters. The minimum Gasteiger partial charge on any atom is -0.322 e. The Bertz CT molecular complexity index is 469. The highest BCUT2D eigenvalue weighted by molar-refractivity contribution is 9.11. The fourth-order valence-electron chi connectivity index (χ4n) is 2.07. The van der Waals surface area contributed by atoms with E-state index in [1.54, 1.807) is 0 Å². The van der Waals surface area contributed by atoms with Crippen LogP contribution in [0.5, 0.6) is 0 Å². The summed E-state index contributed by atoms with van der Waals surface area (Å²) in [7, 11) is -3.00. The maximum Gasteiger partial charge on any atom is 0.155 e. The molecule has 6 heteroatoms. The molecule has 2 N–H and O–H groups in total. The van der Waals surface area contributed by atoms with Crippen LogP contribution < -0.4 is 5.73 Å². The molecule has 1 fully saturated rings. The number of hydrogen-bond donors (Lipinski definition) is 1. The summed E-state index contributed by atoms with van der Waals surface area (Å²) in [6.07, 6.45) is 2.43. The van der Waals surface area contributed by atoms with Crippen molar-refractivity contribution in [1.82, 2.24) is 0 Å². The van der Waals surface area contributed by atoms with Gasteiger partial charge in [0, 0.05) is 4.88 Å². The van der Waals surface area contributed by atoms with Gasteiger partial charge in [0.1, 0.15) is 0 Å². The standard InChI is InChI=1S/C10H14BrNO2S2/c11-9-5-4-7(15-9)10(12)8-3-1-2-6-16(8,13)14/h4-5,8,10H,1-3,6,12H2. The Morgan fingerprint density at radius 1 is 1.44 bits per heavy atom. The molecule has 0 spiro atoms. The van der Waals surface area contributed by atoms with Crippen molar-refractivity contribution in [2.45, 2.75) is 30.6 Å². The monoisotopic (exact) mass is 323 g/mol. The SMILES string of the molecule is NC(c1ccc(Br)s1)C1CCCCS1(=O)=O. The van der Waals surface area contributed by atoms with E-state index >= 15 is 0 Å². The van der Waals surface area contributed by atoms with Crippen LogP contribution in [0.2, 0.25) is 0 Å². The summed E-state index contributed by atoms with van der Waals surface area (Å²) < 4.78 is 24.8. The number of hydrogen-bond acceptors (Lipinski definition) is 4.